The van der Waals surface area contributed by atoms with Crippen molar-refractivity contribution in [2.45, 2.75) is 25.6 Å². The minimum absolute atomic E-state index is 0.0763. The molecular formula is C13H18ClN3O. The van der Waals surface area contributed by atoms with Crippen LogP contribution in [0.15, 0.2) is 18.3 Å². The van der Waals surface area contributed by atoms with Gasteiger partial charge in [0.25, 0.3) is 0 Å². The minimum Gasteiger partial charge on any atom is -0.357 e. The van der Waals surface area contributed by atoms with Gasteiger partial charge in [-0.2, -0.15) is 0 Å². The number of hydrogen-bond acceptors (Lipinski definition) is 3. The van der Waals surface area contributed by atoms with E-state index in [0.717, 1.165) is 24.6 Å². The molecule has 0 radical (unpaired) electrons. The summed E-state index contributed by atoms with van der Waals surface area (Å²) in [5.41, 5.74) is 0.832. The molecule has 1 saturated heterocycles. The molecule has 1 aliphatic rings. The molecule has 0 aliphatic carbocycles. The maximum Gasteiger partial charge on any atom is 0.228 e. The van der Waals surface area contributed by atoms with Gasteiger partial charge in [0.05, 0.1) is 17.3 Å². The molecule has 1 amide bonds. The van der Waals surface area contributed by atoms with Gasteiger partial charge in [0.1, 0.15) is 5.82 Å². The summed E-state index contributed by atoms with van der Waals surface area (Å²) in [6.45, 7) is 6.62. The first-order valence-corrected chi connectivity index (χ1v) is 6.74. The van der Waals surface area contributed by atoms with E-state index in [1.165, 1.54) is 0 Å². The SMILES string of the molecule is CCN(CC)c1ccc(N2CC(Cl)CC2=O)cn1. The molecule has 98 valence electrons. The monoisotopic (exact) mass is 267 g/mol. The predicted molar refractivity (Wildman–Crippen MR) is 74.4 cm³/mol. The second-order valence-electron chi connectivity index (χ2n) is 4.35. The zero-order chi connectivity index (χ0) is 13.1. The van der Waals surface area contributed by atoms with Crippen molar-refractivity contribution in [3.8, 4) is 0 Å². The molecule has 0 N–H and O–H groups in total. The number of anilines is 2. The number of nitrogens with zero attached hydrogens (tertiary/aromatic N) is 3. The molecular weight excluding hydrogens is 250 g/mol. The Morgan fingerprint density at radius 3 is 2.61 bits per heavy atom. The lowest BCUT2D eigenvalue weighted by Gasteiger charge is -2.21. The van der Waals surface area contributed by atoms with Gasteiger partial charge in [-0.15, -0.1) is 11.6 Å². The van der Waals surface area contributed by atoms with Gasteiger partial charge < -0.3 is 9.80 Å². The summed E-state index contributed by atoms with van der Waals surface area (Å²) >= 11 is 5.99. The highest BCUT2D eigenvalue weighted by Gasteiger charge is 2.29. The van der Waals surface area contributed by atoms with Gasteiger partial charge in [0.2, 0.25) is 5.91 Å². The van der Waals surface area contributed by atoms with Crippen molar-refractivity contribution in [2.24, 2.45) is 0 Å². The lowest BCUT2D eigenvalue weighted by Crippen LogP contribution is -2.26. The molecule has 0 saturated carbocycles. The molecule has 1 atom stereocenters. The van der Waals surface area contributed by atoms with E-state index >= 15 is 0 Å². The van der Waals surface area contributed by atoms with E-state index in [2.05, 4.69) is 23.7 Å². The zero-order valence-corrected chi connectivity index (χ0v) is 11.5. The summed E-state index contributed by atoms with van der Waals surface area (Å²) in [5, 5.41) is -0.0834. The van der Waals surface area contributed by atoms with E-state index in [1.807, 2.05) is 12.1 Å². The lowest BCUT2D eigenvalue weighted by atomic mass is 10.3. The Bertz CT molecular complexity index is 417. The molecule has 5 heteroatoms. The van der Waals surface area contributed by atoms with Crippen molar-refractivity contribution in [1.29, 1.82) is 0 Å². The Hall–Kier alpha value is -1.29. The number of amides is 1. The van der Waals surface area contributed by atoms with Crippen LogP contribution in [0.3, 0.4) is 0 Å². The summed E-state index contributed by atoms with van der Waals surface area (Å²) in [5.74, 6) is 1.02. The first-order valence-electron chi connectivity index (χ1n) is 6.31. The van der Waals surface area contributed by atoms with Crippen molar-refractivity contribution < 1.29 is 4.79 Å². The fourth-order valence-corrected chi connectivity index (χ4v) is 2.46. The van der Waals surface area contributed by atoms with Crippen LogP contribution < -0.4 is 9.80 Å². The smallest absolute Gasteiger partial charge is 0.228 e. The topological polar surface area (TPSA) is 36.4 Å². The molecule has 18 heavy (non-hydrogen) atoms. The van der Waals surface area contributed by atoms with Crippen LogP contribution in [0.5, 0.6) is 0 Å². The largest absolute Gasteiger partial charge is 0.357 e. The molecule has 1 unspecified atom stereocenters. The number of aromatic nitrogens is 1. The van der Waals surface area contributed by atoms with Gasteiger partial charge >= 0.3 is 0 Å². The number of carbonyl (C=O) groups excluding carboxylic acids is 1. The van der Waals surface area contributed by atoms with Crippen LogP contribution in [0.2, 0.25) is 0 Å². The van der Waals surface area contributed by atoms with Crippen LogP contribution in [0, 0.1) is 0 Å². The van der Waals surface area contributed by atoms with E-state index in [1.54, 1.807) is 11.1 Å². The van der Waals surface area contributed by atoms with Crippen LogP contribution >= 0.6 is 11.6 Å². The Balaban J connectivity index is 2.15. The lowest BCUT2D eigenvalue weighted by molar-refractivity contribution is -0.117. The van der Waals surface area contributed by atoms with E-state index in [-0.39, 0.29) is 11.3 Å². The van der Waals surface area contributed by atoms with E-state index in [4.69, 9.17) is 11.6 Å². The van der Waals surface area contributed by atoms with Crippen molar-refractivity contribution in [3.63, 3.8) is 0 Å². The quantitative estimate of drug-likeness (QED) is 0.786. The van der Waals surface area contributed by atoms with Crippen molar-refractivity contribution in [3.05, 3.63) is 18.3 Å². The van der Waals surface area contributed by atoms with Crippen molar-refractivity contribution in [1.82, 2.24) is 4.98 Å². The van der Waals surface area contributed by atoms with Crippen LogP contribution in [0.4, 0.5) is 11.5 Å². The number of hydrogen-bond donors (Lipinski definition) is 0. The molecule has 1 fully saturated rings. The fraction of sp³-hybridized carbons (Fsp3) is 0.538. The summed E-state index contributed by atoms with van der Waals surface area (Å²) in [7, 11) is 0. The van der Waals surface area contributed by atoms with Gasteiger partial charge in [0.15, 0.2) is 0 Å². The molecule has 1 aliphatic heterocycles. The second-order valence-corrected chi connectivity index (χ2v) is 4.97. The Kier molecular flexibility index (Phi) is 4.07. The van der Waals surface area contributed by atoms with Gasteiger partial charge in [-0.3, -0.25) is 4.79 Å². The van der Waals surface area contributed by atoms with E-state index in [9.17, 15) is 4.79 Å². The average Bonchev–Trinajstić information content (AvgIpc) is 2.71. The maximum absolute atomic E-state index is 11.7. The van der Waals surface area contributed by atoms with Crippen LogP contribution in [-0.4, -0.2) is 35.9 Å². The third-order valence-electron chi connectivity index (χ3n) is 3.21. The van der Waals surface area contributed by atoms with E-state index < -0.39 is 0 Å². The first-order chi connectivity index (χ1) is 8.65. The van der Waals surface area contributed by atoms with Gasteiger partial charge in [0, 0.05) is 26.1 Å². The van der Waals surface area contributed by atoms with Crippen LogP contribution in [0.25, 0.3) is 0 Å². The molecule has 2 heterocycles. The Morgan fingerprint density at radius 1 is 1.44 bits per heavy atom. The highest BCUT2D eigenvalue weighted by atomic mass is 35.5. The molecule has 0 aromatic carbocycles. The van der Waals surface area contributed by atoms with Crippen molar-refractivity contribution in [2.75, 3.05) is 29.4 Å². The number of alkyl halides is 1. The zero-order valence-electron chi connectivity index (χ0n) is 10.8. The first kappa shape index (κ1) is 13.1. The number of pyridine rings is 1. The summed E-state index contributed by atoms with van der Waals surface area (Å²) in [6.07, 6.45) is 2.17. The average molecular weight is 268 g/mol. The molecule has 0 bridgehead atoms. The number of halogens is 1. The third-order valence-corrected chi connectivity index (χ3v) is 3.50. The van der Waals surface area contributed by atoms with Crippen molar-refractivity contribution >= 4 is 29.0 Å². The number of carbonyl (C=O) groups is 1. The summed E-state index contributed by atoms with van der Waals surface area (Å²) in [4.78, 5) is 20.0. The maximum atomic E-state index is 11.7. The highest BCUT2D eigenvalue weighted by molar-refractivity contribution is 6.24. The minimum atomic E-state index is -0.0834. The Morgan fingerprint density at radius 2 is 2.17 bits per heavy atom. The summed E-state index contributed by atoms with van der Waals surface area (Å²) in [6, 6.07) is 3.89. The standard InChI is InChI=1S/C13H18ClN3O/c1-3-16(4-2)12-6-5-11(8-15-12)17-9-10(14)7-13(17)18/h5-6,8,10H,3-4,7,9H2,1-2H3. The third kappa shape index (κ3) is 2.58. The number of rotatable bonds is 4. The van der Waals surface area contributed by atoms with Crippen LogP contribution in [-0.2, 0) is 4.79 Å². The molecule has 1 aromatic rings. The fourth-order valence-electron chi connectivity index (χ4n) is 2.19. The molecule has 4 nitrogen and oxygen atoms in total. The normalized spacial score (nSPS) is 19.4. The molecule has 0 spiro atoms. The molecule has 2 rings (SSSR count). The predicted octanol–water partition coefficient (Wildman–Crippen LogP) is 2.27. The van der Waals surface area contributed by atoms with Gasteiger partial charge in [-0.25, -0.2) is 4.98 Å². The summed E-state index contributed by atoms with van der Waals surface area (Å²) < 4.78 is 0. The van der Waals surface area contributed by atoms with E-state index in [0.29, 0.717) is 13.0 Å². The highest BCUT2D eigenvalue weighted by Crippen LogP contribution is 2.24. The van der Waals surface area contributed by atoms with Gasteiger partial charge in [-0.1, -0.05) is 0 Å². The molecule has 1 aromatic heterocycles. The Labute approximate surface area is 113 Å². The van der Waals surface area contributed by atoms with Crippen LogP contribution in [0.1, 0.15) is 20.3 Å². The van der Waals surface area contributed by atoms with Gasteiger partial charge in [-0.05, 0) is 26.0 Å². The second kappa shape index (κ2) is 5.57.